The van der Waals surface area contributed by atoms with Gasteiger partial charge in [-0.1, -0.05) is 12.8 Å². The minimum atomic E-state index is -0.776. The van der Waals surface area contributed by atoms with E-state index in [9.17, 15) is 9.00 Å². The molecular weight excluding hydrogens is 260 g/mol. The van der Waals surface area contributed by atoms with Crippen LogP contribution in [0.15, 0.2) is 0 Å². The Morgan fingerprint density at radius 3 is 2.84 bits per heavy atom. The highest BCUT2D eigenvalue weighted by Gasteiger charge is 2.38. The molecule has 1 saturated carbocycles. The summed E-state index contributed by atoms with van der Waals surface area (Å²) in [4.78, 5) is 12.2. The number of amides is 1. The van der Waals surface area contributed by atoms with Crippen molar-refractivity contribution in [1.29, 1.82) is 0 Å². The molecule has 1 aliphatic heterocycles. The van der Waals surface area contributed by atoms with Crippen LogP contribution < -0.4 is 10.6 Å². The van der Waals surface area contributed by atoms with Gasteiger partial charge >= 0.3 is 0 Å². The summed E-state index contributed by atoms with van der Waals surface area (Å²) >= 11 is 0. The second kappa shape index (κ2) is 6.84. The highest BCUT2D eigenvalue weighted by atomic mass is 32.2. The molecule has 110 valence electrons. The topological polar surface area (TPSA) is 58.2 Å². The van der Waals surface area contributed by atoms with Crippen molar-refractivity contribution < 1.29 is 9.00 Å². The maximum atomic E-state index is 12.2. The minimum absolute atomic E-state index is 0.0114. The van der Waals surface area contributed by atoms with E-state index in [1.165, 1.54) is 25.7 Å². The molecule has 0 radical (unpaired) electrons. The number of carbonyl (C=O) groups is 1. The monoisotopic (exact) mass is 286 g/mol. The SMILES string of the molecule is CC(CCS(C)=O)NC(=O)C1CC2CCCCC2N1. The molecule has 5 atom stereocenters. The molecule has 0 bridgehead atoms. The first kappa shape index (κ1) is 15.0. The van der Waals surface area contributed by atoms with Gasteiger partial charge in [0.1, 0.15) is 0 Å². The lowest BCUT2D eigenvalue weighted by Crippen LogP contribution is -2.46. The molecule has 5 heteroatoms. The van der Waals surface area contributed by atoms with E-state index in [2.05, 4.69) is 10.6 Å². The van der Waals surface area contributed by atoms with Crippen molar-refractivity contribution in [2.45, 2.75) is 63.6 Å². The number of rotatable bonds is 5. The number of nitrogens with one attached hydrogen (secondary N) is 2. The zero-order valence-electron chi connectivity index (χ0n) is 12.0. The molecule has 1 amide bonds. The lowest BCUT2D eigenvalue weighted by molar-refractivity contribution is -0.123. The van der Waals surface area contributed by atoms with E-state index in [0.717, 1.165) is 12.8 Å². The van der Waals surface area contributed by atoms with Crippen LogP contribution in [0, 0.1) is 5.92 Å². The van der Waals surface area contributed by atoms with Crippen molar-refractivity contribution in [3.63, 3.8) is 0 Å². The zero-order valence-corrected chi connectivity index (χ0v) is 12.8. The van der Waals surface area contributed by atoms with Gasteiger partial charge in [-0.2, -0.15) is 0 Å². The van der Waals surface area contributed by atoms with E-state index in [0.29, 0.717) is 17.7 Å². The van der Waals surface area contributed by atoms with Gasteiger partial charge in [0, 0.05) is 34.9 Å². The van der Waals surface area contributed by atoms with Gasteiger partial charge in [0.05, 0.1) is 6.04 Å². The smallest absolute Gasteiger partial charge is 0.237 e. The Morgan fingerprint density at radius 2 is 2.16 bits per heavy atom. The fraction of sp³-hybridized carbons (Fsp3) is 0.929. The minimum Gasteiger partial charge on any atom is -0.352 e. The van der Waals surface area contributed by atoms with Gasteiger partial charge in [-0.05, 0) is 38.5 Å². The highest BCUT2D eigenvalue weighted by Crippen LogP contribution is 2.33. The van der Waals surface area contributed by atoms with Crippen LogP contribution in [0.25, 0.3) is 0 Å². The van der Waals surface area contributed by atoms with Crippen LogP contribution in [-0.4, -0.2) is 40.3 Å². The lowest BCUT2D eigenvalue weighted by Gasteiger charge is -2.24. The third-order valence-electron chi connectivity index (χ3n) is 4.41. The predicted molar refractivity (Wildman–Crippen MR) is 78.4 cm³/mol. The van der Waals surface area contributed by atoms with Crippen molar-refractivity contribution in [1.82, 2.24) is 10.6 Å². The first-order valence-electron chi connectivity index (χ1n) is 7.42. The summed E-state index contributed by atoms with van der Waals surface area (Å²) in [7, 11) is -0.776. The summed E-state index contributed by atoms with van der Waals surface area (Å²) in [6, 6.07) is 0.659. The molecule has 1 aliphatic carbocycles. The van der Waals surface area contributed by atoms with Crippen LogP contribution in [0.3, 0.4) is 0 Å². The molecule has 4 nitrogen and oxygen atoms in total. The molecule has 2 fully saturated rings. The third-order valence-corrected chi connectivity index (χ3v) is 5.22. The summed E-state index contributed by atoms with van der Waals surface area (Å²) in [5.74, 6) is 1.48. The lowest BCUT2D eigenvalue weighted by atomic mass is 9.85. The third kappa shape index (κ3) is 4.28. The first-order chi connectivity index (χ1) is 9.06. The normalized spacial score (nSPS) is 33.5. The average Bonchev–Trinajstić information content (AvgIpc) is 2.80. The van der Waals surface area contributed by atoms with Gasteiger partial charge in [0.2, 0.25) is 5.91 Å². The van der Waals surface area contributed by atoms with Crippen LogP contribution in [0.5, 0.6) is 0 Å². The van der Waals surface area contributed by atoms with E-state index in [1.807, 2.05) is 6.92 Å². The number of carbonyl (C=O) groups excluding carboxylic acids is 1. The molecule has 2 rings (SSSR count). The van der Waals surface area contributed by atoms with E-state index < -0.39 is 10.8 Å². The quantitative estimate of drug-likeness (QED) is 0.798. The molecule has 0 aromatic heterocycles. The molecule has 0 aromatic carbocycles. The fourth-order valence-corrected chi connectivity index (χ4v) is 3.96. The van der Waals surface area contributed by atoms with Crippen molar-refractivity contribution in [2.24, 2.45) is 5.92 Å². The molecule has 1 saturated heterocycles. The van der Waals surface area contributed by atoms with Crippen molar-refractivity contribution in [3.05, 3.63) is 0 Å². The Hall–Kier alpha value is -0.420. The Morgan fingerprint density at radius 1 is 1.42 bits per heavy atom. The molecular formula is C14H26N2O2S. The van der Waals surface area contributed by atoms with E-state index in [-0.39, 0.29) is 18.0 Å². The molecule has 1 heterocycles. The highest BCUT2D eigenvalue weighted by molar-refractivity contribution is 7.84. The van der Waals surface area contributed by atoms with Crippen LogP contribution in [0.4, 0.5) is 0 Å². The first-order valence-corrected chi connectivity index (χ1v) is 9.15. The molecule has 2 aliphatic rings. The van der Waals surface area contributed by atoms with E-state index >= 15 is 0 Å². The molecule has 0 aromatic rings. The van der Waals surface area contributed by atoms with Crippen molar-refractivity contribution >= 4 is 16.7 Å². The van der Waals surface area contributed by atoms with Crippen LogP contribution in [0.1, 0.15) is 45.4 Å². The maximum absolute atomic E-state index is 12.2. The van der Waals surface area contributed by atoms with Crippen molar-refractivity contribution in [3.8, 4) is 0 Å². The second-order valence-electron chi connectivity index (χ2n) is 6.08. The van der Waals surface area contributed by atoms with Gasteiger partial charge in [0.15, 0.2) is 0 Å². The van der Waals surface area contributed by atoms with Crippen LogP contribution >= 0.6 is 0 Å². The van der Waals surface area contributed by atoms with Gasteiger partial charge in [-0.15, -0.1) is 0 Å². The maximum Gasteiger partial charge on any atom is 0.237 e. The number of fused-ring (bicyclic) bond motifs is 1. The fourth-order valence-electron chi connectivity index (χ4n) is 3.28. The number of hydrogen-bond acceptors (Lipinski definition) is 3. The summed E-state index contributed by atoms with van der Waals surface area (Å²) in [6.45, 7) is 1.99. The van der Waals surface area contributed by atoms with Gasteiger partial charge in [0.25, 0.3) is 0 Å². The summed E-state index contributed by atoms with van der Waals surface area (Å²) < 4.78 is 11.0. The largest absolute Gasteiger partial charge is 0.352 e. The Labute approximate surface area is 118 Å². The van der Waals surface area contributed by atoms with Crippen molar-refractivity contribution in [2.75, 3.05) is 12.0 Å². The summed E-state index contributed by atoms with van der Waals surface area (Å²) in [5, 5.41) is 6.54. The standard InChI is InChI=1S/C14H26N2O2S/c1-10(7-8-19(2)18)15-14(17)13-9-11-5-3-4-6-12(11)16-13/h10-13,16H,3-9H2,1-2H3,(H,15,17). The average molecular weight is 286 g/mol. The van der Waals surface area contributed by atoms with E-state index in [4.69, 9.17) is 0 Å². The zero-order chi connectivity index (χ0) is 13.8. The summed E-state index contributed by atoms with van der Waals surface area (Å²) in [6.07, 6.45) is 8.58. The second-order valence-corrected chi connectivity index (χ2v) is 7.64. The van der Waals surface area contributed by atoms with Crippen LogP contribution in [-0.2, 0) is 15.6 Å². The Kier molecular flexibility index (Phi) is 5.39. The van der Waals surface area contributed by atoms with Gasteiger partial charge in [-0.3, -0.25) is 9.00 Å². The van der Waals surface area contributed by atoms with E-state index in [1.54, 1.807) is 6.26 Å². The Balaban J connectivity index is 1.76. The van der Waals surface area contributed by atoms with Gasteiger partial charge in [-0.25, -0.2) is 0 Å². The number of hydrogen-bond donors (Lipinski definition) is 2. The summed E-state index contributed by atoms with van der Waals surface area (Å²) in [5.41, 5.74) is 0. The molecule has 5 unspecified atom stereocenters. The molecule has 2 N–H and O–H groups in total. The molecule has 0 spiro atoms. The predicted octanol–water partition coefficient (Wildman–Crippen LogP) is 1.18. The molecule has 19 heavy (non-hydrogen) atoms. The van der Waals surface area contributed by atoms with Gasteiger partial charge < -0.3 is 10.6 Å². The van der Waals surface area contributed by atoms with Crippen LogP contribution in [0.2, 0.25) is 0 Å². The Bertz CT molecular complexity index is 334.